The summed E-state index contributed by atoms with van der Waals surface area (Å²) in [7, 11) is 0. The van der Waals surface area contributed by atoms with Gasteiger partial charge in [0.2, 0.25) is 0 Å². The van der Waals surface area contributed by atoms with Crippen LogP contribution in [0.2, 0.25) is 0 Å². The van der Waals surface area contributed by atoms with E-state index in [4.69, 9.17) is 5.11 Å². The highest BCUT2D eigenvalue weighted by molar-refractivity contribution is 5.98. The first-order valence-electron chi connectivity index (χ1n) is 3.52. The topological polar surface area (TPSA) is 37.3 Å². The van der Waals surface area contributed by atoms with Crippen molar-refractivity contribution in [1.29, 1.82) is 0 Å². The Kier molecular flexibility index (Phi) is 1.79. The summed E-state index contributed by atoms with van der Waals surface area (Å²) in [6.07, 6.45) is 1.89. The van der Waals surface area contributed by atoms with Crippen LogP contribution in [0.25, 0.3) is 0 Å². The van der Waals surface area contributed by atoms with Gasteiger partial charge in [-0.25, -0.2) is 0 Å². The molecule has 1 saturated carbocycles. The van der Waals surface area contributed by atoms with Gasteiger partial charge in [0, 0.05) is 11.5 Å². The number of hydrogen-bond acceptors (Lipinski definition) is 2. The summed E-state index contributed by atoms with van der Waals surface area (Å²) in [4.78, 5) is 11.1. The minimum Gasteiger partial charge on any atom is -0.515 e. The van der Waals surface area contributed by atoms with Crippen LogP contribution in [0.1, 0.15) is 20.3 Å². The summed E-state index contributed by atoms with van der Waals surface area (Å²) in [6.45, 7) is 3.70. The van der Waals surface area contributed by atoms with Gasteiger partial charge in [-0.3, -0.25) is 4.79 Å². The molecule has 2 heteroatoms. The van der Waals surface area contributed by atoms with Crippen LogP contribution in [-0.4, -0.2) is 10.9 Å². The molecule has 2 unspecified atom stereocenters. The first-order chi connectivity index (χ1) is 4.66. The van der Waals surface area contributed by atoms with Crippen LogP contribution in [-0.2, 0) is 4.79 Å². The summed E-state index contributed by atoms with van der Waals surface area (Å²) >= 11 is 0. The Morgan fingerprint density at radius 3 is 2.50 bits per heavy atom. The van der Waals surface area contributed by atoms with Gasteiger partial charge in [0.25, 0.3) is 0 Å². The fourth-order valence-corrected chi connectivity index (χ4v) is 1.04. The summed E-state index contributed by atoms with van der Waals surface area (Å²) in [6, 6.07) is 0. The van der Waals surface area contributed by atoms with Crippen LogP contribution in [0.15, 0.2) is 11.8 Å². The minimum atomic E-state index is 0.106. The molecule has 0 amide bonds. The molecule has 2 atom stereocenters. The van der Waals surface area contributed by atoms with Crippen LogP contribution in [0, 0.1) is 11.8 Å². The van der Waals surface area contributed by atoms with Crippen molar-refractivity contribution in [3.63, 3.8) is 0 Å². The lowest BCUT2D eigenvalue weighted by atomic mass is 10.1. The Hall–Kier alpha value is -0.790. The van der Waals surface area contributed by atoms with Crippen molar-refractivity contribution in [2.24, 2.45) is 11.8 Å². The fraction of sp³-hybridized carbons (Fsp3) is 0.625. The molecule has 1 N–H and O–H groups in total. The quantitative estimate of drug-likeness (QED) is 0.468. The number of aliphatic hydroxyl groups excluding tert-OH is 1. The van der Waals surface area contributed by atoms with Gasteiger partial charge in [-0.15, -0.1) is 0 Å². The predicted molar refractivity (Wildman–Crippen MR) is 38.7 cm³/mol. The Morgan fingerprint density at radius 2 is 2.20 bits per heavy atom. The normalized spacial score (nSPS) is 32.0. The molecule has 2 nitrogen and oxygen atoms in total. The van der Waals surface area contributed by atoms with Crippen molar-refractivity contribution < 1.29 is 9.90 Å². The van der Waals surface area contributed by atoms with Crippen molar-refractivity contribution in [1.82, 2.24) is 0 Å². The highest BCUT2D eigenvalue weighted by Gasteiger charge is 2.39. The van der Waals surface area contributed by atoms with E-state index in [1.807, 2.05) is 6.92 Å². The van der Waals surface area contributed by atoms with E-state index in [0.717, 1.165) is 12.7 Å². The highest BCUT2D eigenvalue weighted by atomic mass is 16.2. The monoisotopic (exact) mass is 140 g/mol. The van der Waals surface area contributed by atoms with Gasteiger partial charge < -0.3 is 5.11 Å². The van der Waals surface area contributed by atoms with E-state index < -0.39 is 0 Å². The highest BCUT2D eigenvalue weighted by Crippen LogP contribution is 2.39. The molecule has 1 fully saturated rings. The number of ketones is 1. The number of aliphatic hydroxyl groups is 1. The summed E-state index contributed by atoms with van der Waals surface area (Å²) in [5.41, 5.74) is 0.481. The van der Waals surface area contributed by atoms with Crippen molar-refractivity contribution in [2.45, 2.75) is 20.3 Å². The predicted octanol–water partition coefficient (Wildman–Crippen LogP) is 1.67. The molecule has 10 heavy (non-hydrogen) atoms. The SMILES string of the molecule is C/C(=C\O)C(=O)C1CC1C. The standard InChI is InChI=1S/C8H12O2/c1-5-3-7(5)8(10)6(2)4-9/h4-5,7,9H,3H2,1-2H3/b6-4+. The third-order valence-corrected chi connectivity index (χ3v) is 2.03. The van der Waals surface area contributed by atoms with Gasteiger partial charge in [-0.05, 0) is 19.3 Å². The Balaban J connectivity index is 2.51. The maximum atomic E-state index is 11.1. The van der Waals surface area contributed by atoms with E-state index in [1.165, 1.54) is 0 Å². The molecule has 56 valence electrons. The van der Waals surface area contributed by atoms with Crippen molar-refractivity contribution in [3.8, 4) is 0 Å². The smallest absolute Gasteiger partial charge is 0.164 e. The Bertz CT molecular complexity index is 182. The van der Waals surface area contributed by atoms with Crippen LogP contribution < -0.4 is 0 Å². The number of hydrogen-bond donors (Lipinski definition) is 1. The minimum absolute atomic E-state index is 0.106. The summed E-state index contributed by atoms with van der Waals surface area (Å²) in [5, 5.41) is 8.49. The van der Waals surface area contributed by atoms with Crippen LogP contribution in [0.3, 0.4) is 0 Å². The van der Waals surface area contributed by atoms with Gasteiger partial charge in [0.1, 0.15) is 0 Å². The molecule has 0 aromatic carbocycles. The van der Waals surface area contributed by atoms with Gasteiger partial charge in [-0.1, -0.05) is 6.92 Å². The molecule has 1 aliphatic carbocycles. The van der Waals surface area contributed by atoms with Gasteiger partial charge in [-0.2, -0.15) is 0 Å². The number of carbonyl (C=O) groups excluding carboxylic acids is 1. The average molecular weight is 140 g/mol. The molecule has 0 saturated heterocycles. The molecular weight excluding hydrogens is 128 g/mol. The van der Waals surface area contributed by atoms with Gasteiger partial charge >= 0.3 is 0 Å². The Morgan fingerprint density at radius 1 is 1.70 bits per heavy atom. The second-order valence-electron chi connectivity index (χ2n) is 3.00. The van der Waals surface area contributed by atoms with Crippen LogP contribution >= 0.6 is 0 Å². The van der Waals surface area contributed by atoms with E-state index in [2.05, 4.69) is 0 Å². The second-order valence-corrected chi connectivity index (χ2v) is 3.00. The van der Waals surface area contributed by atoms with E-state index in [0.29, 0.717) is 11.5 Å². The third kappa shape index (κ3) is 1.20. The first-order valence-corrected chi connectivity index (χ1v) is 3.52. The van der Waals surface area contributed by atoms with E-state index in [-0.39, 0.29) is 11.7 Å². The second kappa shape index (κ2) is 2.45. The lowest BCUT2D eigenvalue weighted by Crippen LogP contribution is -2.02. The van der Waals surface area contributed by atoms with Crippen molar-refractivity contribution >= 4 is 5.78 Å². The van der Waals surface area contributed by atoms with Crippen LogP contribution in [0.5, 0.6) is 0 Å². The molecule has 0 aromatic heterocycles. The van der Waals surface area contributed by atoms with Crippen LogP contribution in [0.4, 0.5) is 0 Å². The fourth-order valence-electron chi connectivity index (χ4n) is 1.04. The molecule has 0 spiro atoms. The zero-order chi connectivity index (χ0) is 7.72. The number of rotatable bonds is 2. The molecule has 1 rings (SSSR count). The van der Waals surface area contributed by atoms with E-state index >= 15 is 0 Å². The largest absolute Gasteiger partial charge is 0.515 e. The average Bonchev–Trinajstić information content (AvgIpc) is 2.63. The van der Waals surface area contributed by atoms with Gasteiger partial charge in [0.15, 0.2) is 5.78 Å². The zero-order valence-corrected chi connectivity index (χ0v) is 6.29. The number of allylic oxidation sites excluding steroid dienone is 1. The summed E-state index contributed by atoms with van der Waals surface area (Å²) in [5.74, 6) is 0.834. The molecule has 0 radical (unpaired) electrons. The van der Waals surface area contributed by atoms with E-state index in [1.54, 1.807) is 6.92 Å². The molecule has 0 bridgehead atoms. The van der Waals surface area contributed by atoms with Crippen molar-refractivity contribution in [2.75, 3.05) is 0 Å². The molecule has 0 aromatic rings. The molecule has 0 aliphatic heterocycles. The summed E-state index contributed by atoms with van der Waals surface area (Å²) < 4.78 is 0. The zero-order valence-electron chi connectivity index (χ0n) is 6.29. The number of carbonyl (C=O) groups is 1. The van der Waals surface area contributed by atoms with Gasteiger partial charge in [0.05, 0.1) is 6.26 Å². The van der Waals surface area contributed by atoms with Crippen molar-refractivity contribution in [3.05, 3.63) is 11.8 Å². The molecular formula is C8H12O2. The lowest BCUT2D eigenvalue weighted by Gasteiger charge is -1.94. The molecule has 1 aliphatic rings. The maximum absolute atomic E-state index is 11.1. The lowest BCUT2D eigenvalue weighted by molar-refractivity contribution is -0.117. The Labute approximate surface area is 60.6 Å². The maximum Gasteiger partial charge on any atom is 0.164 e. The third-order valence-electron chi connectivity index (χ3n) is 2.03. The number of Topliss-reactive ketones (excluding diaryl/α,β-unsaturated/α-hetero) is 1. The molecule has 0 heterocycles. The van der Waals surface area contributed by atoms with E-state index in [9.17, 15) is 4.79 Å². The first kappa shape index (κ1) is 7.32.